The number of amides is 1. The van der Waals surface area contributed by atoms with Crippen molar-refractivity contribution in [2.45, 2.75) is 12.6 Å². The number of methoxy groups -OCH3 is 1. The molecule has 0 spiro atoms. The molecule has 13 heteroatoms. The van der Waals surface area contributed by atoms with Crippen molar-refractivity contribution < 1.29 is 46.2 Å². The highest BCUT2D eigenvalue weighted by molar-refractivity contribution is 6.33. The summed E-state index contributed by atoms with van der Waals surface area (Å²) in [5, 5.41) is 1.63. The van der Waals surface area contributed by atoms with Crippen molar-refractivity contribution in [2.75, 3.05) is 19.0 Å². The van der Waals surface area contributed by atoms with Gasteiger partial charge in [-0.2, -0.15) is 13.2 Å². The fourth-order valence-corrected chi connectivity index (χ4v) is 2.21. The number of nitrogens with zero attached hydrogens (tertiary/aromatic N) is 1. The van der Waals surface area contributed by atoms with E-state index < -0.39 is 48.4 Å². The predicted molar refractivity (Wildman–Crippen MR) is 97.5 cm³/mol. The molecule has 1 N–H and O–H groups in total. The largest absolute Gasteiger partial charge is 0.466 e. The molecule has 1 amide bonds. The molecule has 1 aromatic carbocycles. The minimum Gasteiger partial charge on any atom is -0.466 e. The Bertz CT molecular complexity index is 1000. The number of benzene rings is 1. The van der Waals surface area contributed by atoms with E-state index in [9.17, 15) is 31.9 Å². The Hall–Kier alpha value is -3.41. The second-order valence-corrected chi connectivity index (χ2v) is 6.09. The molecule has 0 aliphatic carbocycles. The van der Waals surface area contributed by atoms with Crippen LogP contribution in [-0.4, -0.2) is 42.5 Å². The number of hydrogen-bond acceptors (Lipinski definition) is 7. The lowest BCUT2D eigenvalue weighted by Crippen LogP contribution is -2.27. The van der Waals surface area contributed by atoms with E-state index in [2.05, 4.69) is 9.72 Å². The first-order valence-electron chi connectivity index (χ1n) is 8.22. The summed E-state index contributed by atoms with van der Waals surface area (Å²) in [7, 11) is 1.14. The molecule has 0 unspecified atom stereocenters. The number of Topliss-reactive ketones (excluding diaryl/α,β-unsaturated/α-hetero) is 1. The average Bonchev–Trinajstić information content (AvgIpc) is 2.69. The number of alkyl halides is 3. The van der Waals surface area contributed by atoms with E-state index in [0.29, 0.717) is 0 Å². The number of nitrogens with one attached hydrogen (secondary N) is 1. The SMILES string of the molecule is COC(=O)COc1ncccc1Oc1cc(NC(=O)CC(=O)C(F)(F)F)c(Cl)cc1F. The fourth-order valence-electron chi connectivity index (χ4n) is 2.01. The number of carbonyl (C=O) groups excluding carboxylic acids is 3. The van der Waals surface area contributed by atoms with Crippen molar-refractivity contribution in [2.24, 2.45) is 0 Å². The lowest BCUT2D eigenvalue weighted by Gasteiger charge is -2.14. The number of anilines is 1. The molecule has 0 bridgehead atoms. The maximum Gasteiger partial charge on any atom is 0.450 e. The summed E-state index contributed by atoms with van der Waals surface area (Å²) >= 11 is 5.80. The fraction of sp³-hybridized carbons (Fsp3) is 0.222. The van der Waals surface area contributed by atoms with Crippen LogP contribution in [0.1, 0.15) is 6.42 Å². The highest BCUT2D eigenvalue weighted by atomic mass is 35.5. The first kappa shape index (κ1) is 23.9. The Morgan fingerprint density at radius 2 is 1.90 bits per heavy atom. The van der Waals surface area contributed by atoms with E-state index in [-0.39, 0.29) is 22.3 Å². The van der Waals surface area contributed by atoms with Crippen molar-refractivity contribution in [3.63, 3.8) is 0 Å². The number of ether oxygens (including phenoxy) is 3. The third kappa shape index (κ3) is 6.81. The van der Waals surface area contributed by atoms with Gasteiger partial charge >= 0.3 is 12.1 Å². The third-order valence-corrected chi connectivity index (χ3v) is 3.76. The Balaban J connectivity index is 2.21. The standard InChI is InChI=1S/C18H13ClF4N2O6/c1-29-16(28)8-30-17-12(3-2-4-24-17)31-13-6-11(9(19)5-10(13)20)25-15(27)7-14(26)18(21,22)23/h2-6H,7-8H2,1H3,(H,25,27). The Morgan fingerprint density at radius 1 is 1.19 bits per heavy atom. The zero-order valence-corrected chi connectivity index (χ0v) is 16.3. The molecule has 1 aromatic heterocycles. The van der Waals surface area contributed by atoms with Gasteiger partial charge in [0.2, 0.25) is 11.7 Å². The van der Waals surface area contributed by atoms with Gasteiger partial charge in [-0.25, -0.2) is 14.2 Å². The first-order valence-corrected chi connectivity index (χ1v) is 8.60. The normalized spacial score (nSPS) is 10.9. The van der Waals surface area contributed by atoms with E-state index in [1.807, 2.05) is 5.32 Å². The number of pyridine rings is 1. The number of rotatable bonds is 8. The van der Waals surface area contributed by atoms with Gasteiger partial charge in [0.05, 0.1) is 24.2 Å². The quantitative estimate of drug-likeness (QED) is 0.361. The highest BCUT2D eigenvalue weighted by Gasteiger charge is 2.39. The van der Waals surface area contributed by atoms with Crippen molar-refractivity contribution in [3.05, 3.63) is 41.3 Å². The predicted octanol–water partition coefficient (Wildman–Crippen LogP) is 3.68. The number of ketones is 1. The Labute approximate surface area is 177 Å². The molecule has 0 atom stereocenters. The molecule has 0 aliphatic heterocycles. The van der Waals surface area contributed by atoms with Gasteiger partial charge in [-0.15, -0.1) is 0 Å². The van der Waals surface area contributed by atoms with Gasteiger partial charge in [-0.05, 0) is 18.2 Å². The van der Waals surface area contributed by atoms with Crippen molar-refractivity contribution >= 4 is 34.9 Å². The molecule has 0 saturated carbocycles. The molecule has 0 aliphatic rings. The third-order valence-electron chi connectivity index (χ3n) is 3.44. The Kier molecular flexibility index (Phi) is 7.75. The van der Waals surface area contributed by atoms with Gasteiger partial charge in [-0.1, -0.05) is 11.6 Å². The number of carbonyl (C=O) groups is 3. The summed E-state index contributed by atoms with van der Waals surface area (Å²) in [5.74, 6) is -6.10. The highest BCUT2D eigenvalue weighted by Crippen LogP contribution is 2.35. The second kappa shape index (κ2) is 10.1. The summed E-state index contributed by atoms with van der Waals surface area (Å²) in [6, 6.07) is 4.38. The summed E-state index contributed by atoms with van der Waals surface area (Å²) in [5.41, 5.74) is -0.307. The number of hydrogen-bond donors (Lipinski definition) is 1. The van der Waals surface area contributed by atoms with Crippen LogP contribution in [0.4, 0.5) is 23.2 Å². The van der Waals surface area contributed by atoms with E-state index >= 15 is 0 Å². The summed E-state index contributed by atoms with van der Waals surface area (Å²) < 4.78 is 66.0. The van der Waals surface area contributed by atoms with Crippen LogP contribution in [0.15, 0.2) is 30.5 Å². The lowest BCUT2D eigenvalue weighted by molar-refractivity contribution is -0.171. The minimum absolute atomic E-state index is 0.128. The smallest absolute Gasteiger partial charge is 0.450 e. The molecular weight excluding hydrogens is 452 g/mol. The molecule has 0 radical (unpaired) electrons. The van der Waals surface area contributed by atoms with Crippen LogP contribution in [0.25, 0.3) is 0 Å². The van der Waals surface area contributed by atoms with Crippen molar-refractivity contribution in [3.8, 4) is 17.4 Å². The molecule has 1 heterocycles. The second-order valence-electron chi connectivity index (χ2n) is 5.68. The van der Waals surface area contributed by atoms with Gasteiger partial charge < -0.3 is 19.5 Å². The van der Waals surface area contributed by atoms with Gasteiger partial charge in [-0.3, -0.25) is 9.59 Å². The van der Waals surface area contributed by atoms with Crippen LogP contribution in [0.5, 0.6) is 17.4 Å². The topological polar surface area (TPSA) is 104 Å². The molecule has 0 fully saturated rings. The summed E-state index contributed by atoms with van der Waals surface area (Å²) in [6.45, 7) is -0.512. The summed E-state index contributed by atoms with van der Waals surface area (Å²) in [6.07, 6.45) is -5.36. The van der Waals surface area contributed by atoms with Crippen LogP contribution in [0.3, 0.4) is 0 Å². The zero-order valence-electron chi connectivity index (χ0n) is 15.6. The molecule has 2 aromatic rings. The number of aromatic nitrogens is 1. The van der Waals surface area contributed by atoms with E-state index in [1.165, 1.54) is 18.3 Å². The number of esters is 1. The molecular formula is C18H13ClF4N2O6. The van der Waals surface area contributed by atoms with Crippen molar-refractivity contribution in [1.29, 1.82) is 0 Å². The maximum atomic E-state index is 14.3. The lowest BCUT2D eigenvalue weighted by atomic mass is 10.2. The Morgan fingerprint density at radius 3 is 2.55 bits per heavy atom. The number of halogens is 5. The van der Waals surface area contributed by atoms with E-state index in [1.54, 1.807) is 0 Å². The summed E-state index contributed by atoms with van der Waals surface area (Å²) in [4.78, 5) is 37.7. The van der Waals surface area contributed by atoms with Crippen LogP contribution >= 0.6 is 11.6 Å². The van der Waals surface area contributed by atoms with Crippen LogP contribution in [0.2, 0.25) is 5.02 Å². The van der Waals surface area contributed by atoms with Crippen LogP contribution < -0.4 is 14.8 Å². The van der Waals surface area contributed by atoms with Gasteiger partial charge in [0.15, 0.2) is 23.9 Å². The maximum absolute atomic E-state index is 14.3. The van der Waals surface area contributed by atoms with Gasteiger partial charge in [0.1, 0.15) is 0 Å². The molecule has 166 valence electrons. The van der Waals surface area contributed by atoms with E-state index in [4.69, 9.17) is 21.1 Å². The molecule has 8 nitrogen and oxygen atoms in total. The van der Waals surface area contributed by atoms with Crippen LogP contribution in [0, 0.1) is 5.82 Å². The van der Waals surface area contributed by atoms with E-state index in [0.717, 1.165) is 19.2 Å². The first-order chi connectivity index (χ1) is 14.5. The average molecular weight is 465 g/mol. The van der Waals surface area contributed by atoms with Gasteiger partial charge in [0.25, 0.3) is 5.88 Å². The monoisotopic (exact) mass is 464 g/mol. The molecule has 31 heavy (non-hydrogen) atoms. The van der Waals surface area contributed by atoms with Gasteiger partial charge in [0, 0.05) is 12.3 Å². The molecule has 0 saturated heterocycles. The van der Waals surface area contributed by atoms with Crippen molar-refractivity contribution in [1.82, 2.24) is 4.98 Å². The zero-order chi connectivity index (χ0) is 23.2. The van der Waals surface area contributed by atoms with Crippen LogP contribution in [-0.2, 0) is 19.1 Å². The molecule has 2 rings (SSSR count). The minimum atomic E-state index is -5.18.